The number of benzene rings is 1. The topological polar surface area (TPSA) is 49.5 Å². The van der Waals surface area contributed by atoms with Crippen LogP contribution >= 0.6 is 11.6 Å². The van der Waals surface area contributed by atoms with Crippen molar-refractivity contribution in [2.24, 2.45) is 5.73 Å². The predicted molar refractivity (Wildman–Crippen MR) is 66.9 cm³/mol. The average Bonchev–Trinajstić information content (AvgIpc) is 2.81. The molecule has 4 heteroatoms. The Hall–Kier alpha value is -0.770. The second kappa shape index (κ2) is 5.04. The molecule has 0 spiro atoms. The second-order valence-electron chi connectivity index (χ2n) is 4.16. The highest BCUT2D eigenvalue weighted by atomic mass is 35.5. The fourth-order valence-electron chi connectivity index (χ4n) is 2.22. The number of nitrogens with two attached hydrogens (primary N) is 1. The van der Waals surface area contributed by atoms with E-state index in [1.54, 1.807) is 0 Å². The van der Waals surface area contributed by atoms with Crippen LogP contribution in [0.2, 0.25) is 5.02 Å². The van der Waals surface area contributed by atoms with Gasteiger partial charge in [-0.15, -0.1) is 0 Å². The van der Waals surface area contributed by atoms with Gasteiger partial charge >= 0.3 is 0 Å². The zero-order valence-electron chi connectivity index (χ0n) is 9.19. The van der Waals surface area contributed by atoms with Crippen LogP contribution in [0.5, 0.6) is 0 Å². The Bertz CT molecular complexity index is 364. The van der Waals surface area contributed by atoms with Crippen molar-refractivity contribution < 1.29 is 5.11 Å². The molecule has 88 valence electrons. The molecule has 1 fully saturated rings. The predicted octanol–water partition coefficient (Wildman–Crippen LogP) is 1.93. The number of hydrogen-bond acceptors (Lipinski definition) is 3. The van der Waals surface area contributed by atoms with Gasteiger partial charge in [-0.2, -0.15) is 0 Å². The molecule has 0 bridgehead atoms. The smallest absolute Gasteiger partial charge is 0.0625 e. The molecule has 1 heterocycles. The summed E-state index contributed by atoms with van der Waals surface area (Å²) in [5.74, 6) is 0. The Morgan fingerprint density at radius 1 is 1.38 bits per heavy atom. The average molecular weight is 241 g/mol. The molecule has 1 atom stereocenters. The lowest BCUT2D eigenvalue weighted by atomic mass is 10.1. The van der Waals surface area contributed by atoms with Gasteiger partial charge in [-0.3, -0.25) is 0 Å². The van der Waals surface area contributed by atoms with E-state index in [2.05, 4.69) is 4.90 Å². The molecule has 0 aliphatic carbocycles. The number of nitrogens with zero attached hydrogens (tertiary/aromatic N) is 1. The first-order chi connectivity index (χ1) is 7.74. The van der Waals surface area contributed by atoms with Crippen molar-refractivity contribution in [2.45, 2.75) is 18.9 Å². The van der Waals surface area contributed by atoms with Gasteiger partial charge in [0.25, 0.3) is 0 Å². The standard InChI is InChI=1S/C12H17ClN2O/c13-9-4-3-5-11(12(9)10(14)8-16)15-6-1-2-7-15/h3-5,10,16H,1-2,6-8,14H2. The molecule has 1 aromatic rings. The number of halogens is 1. The largest absolute Gasteiger partial charge is 0.394 e. The van der Waals surface area contributed by atoms with Crippen LogP contribution < -0.4 is 10.6 Å². The van der Waals surface area contributed by atoms with Crippen LogP contribution in [0.25, 0.3) is 0 Å². The Morgan fingerprint density at radius 3 is 2.69 bits per heavy atom. The van der Waals surface area contributed by atoms with E-state index in [4.69, 9.17) is 17.3 Å². The van der Waals surface area contributed by atoms with Crippen LogP contribution in [0.3, 0.4) is 0 Å². The minimum Gasteiger partial charge on any atom is -0.394 e. The lowest BCUT2D eigenvalue weighted by Crippen LogP contribution is -2.23. The number of hydrogen-bond donors (Lipinski definition) is 2. The summed E-state index contributed by atoms with van der Waals surface area (Å²) in [6, 6.07) is 5.39. The number of anilines is 1. The summed E-state index contributed by atoms with van der Waals surface area (Å²) in [4.78, 5) is 2.29. The number of aliphatic hydroxyl groups excluding tert-OH is 1. The van der Waals surface area contributed by atoms with Gasteiger partial charge in [-0.05, 0) is 25.0 Å². The first kappa shape index (κ1) is 11.7. The number of aliphatic hydroxyl groups is 1. The molecule has 0 radical (unpaired) electrons. The highest BCUT2D eigenvalue weighted by Gasteiger charge is 2.20. The van der Waals surface area contributed by atoms with E-state index < -0.39 is 6.04 Å². The summed E-state index contributed by atoms with van der Waals surface area (Å²) in [5, 5.41) is 9.82. The second-order valence-corrected chi connectivity index (χ2v) is 4.56. The molecule has 0 amide bonds. The molecule has 16 heavy (non-hydrogen) atoms. The van der Waals surface area contributed by atoms with Crippen molar-refractivity contribution >= 4 is 17.3 Å². The van der Waals surface area contributed by atoms with Gasteiger partial charge < -0.3 is 15.7 Å². The third-order valence-electron chi connectivity index (χ3n) is 3.04. The SMILES string of the molecule is NC(CO)c1c(Cl)cccc1N1CCCC1. The van der Waals surface area contributed by atoms with E-state index in [9.17, 15) is 5.11 Å². The Labute approximate surface area is 101 Å². The lowest BCUT2D eigenvalue weighted by molar-refractivity contribution is 0.268. The summed E-state index contributed by atoms with van der Waals surface area (Å²) >= 11 is 6.16. The Morgan fingerprint density at radius 2 is 2.06 bits per heavy atom. The molecule has 1 aliphatic heterocycles. The van der Waals surface area contributed by atoms with E-state index in [0.29, 0.717) is 5.02 Å². The van der Waals surface area contributed by atoms with Gasteiger partial charge in [-0.1, -0.05) is 17.7 Å². The van der Waals surface area contributed by atoms with Crippen LogP contribution in [0, 0.1) is 0 Å². The van der Waals surface area contributed by atoms with Crippen molar-refractivity contribution in [3.8, 4) is 0 Å². The Balaban J connectivity index is 2.38. The molecule has 1 aliphatic rings. The number of rotatable bonds is 3. The molecule has 1 saturated heterocycles. The van der Waals surface area contributed by atoms with E-state index in [-0.39, 0.29) is 6.61 Å². The van der Waals surface area contributed by atoms with Gasteiger partial charge in [0, 0.05) is 29.4 Å². The minimum absolute atomic E-state index is 0.0788. The van der Waals surface area contributed by atoms with Crippen LogP contribution in [0.1, 0.15) is 24.4 Å². The molecule has 2 rings (SSSR count). The fourth-order valence-corrected chi connectivity index (χ4v) is 2.53. The van der Waals surface area contributed by atoms with Gasteiger partial charge in [0.15, 0.2) is 0 Å². The third-order valence-corrected chi connectivity index (χ3v) is 3.37. The fraction of sp³-hybridized carbons (Fsp3) is 0.500. The van der Waals surface area contributed by atoms with Crippen molar-refractivity contribution in [1.82, 2.24) is 0 Å². The van der Waals surface area contributed by atoms with Crippen molar-refractivity contribution in [3.63, 3.8) is 0 Å². The maximum atomic E-state index is 9.18. The first-order valence-corrected chi connectivity index (χ1v) is 6.01. The summed E-state index contributed by atoms with van der Waals surface area (Å²) in [6.45, 7) is 2.02. The summed E-state index contributed by atoms with van der Waals surface area (Å²) in [6.07, 6.45) is 2.42. The van der Waals surface area contributed by atoms with Crippen molar-refractivity contribution in [2.75, 3.05) is 24.6 Å². The lowest BCUT2D eigenvalue weighted by Gasteiger charge is -2.24. The molecular formula is C12H17ClN2O. The maximum absolute atomic E-state index is 9.18. The molecule has 3 N–H and O–H groups in total. The molecule has 3 nitrogen and oxygen atoms in total. The molecule has 1 aromatic carbocycles. The zero-order chi connectivity index (χ0) is 11.5. The molecule has 0 saturated carbocycles. The summed E-state index contributed by atoms with van der Waals surface area (Å²) in [5.41, 5.74) is 7.85. The first-order valence-electron chi connectivity index (χ1n) is 5.64. The summed E-state index contributed by atoms with van der Waals surface area (Å²) in [7, 11) is 0. The monoisotopic (exact) mass is 240 g/mol. The van der Waals surface area contributed by atoms with Crippen LogP contribution in [-0.4, -0.2) is 24.8 Å². The van der Waals surface area contributed by atoms with Gasteiger partial charge in [0.1, 0.15) is 0 Å². The van der Waals surface area contributed by atoms with Crippen LogP contribution in [0.15, 0.2) is 18.2 Å². The molecule has 1 unspecified atom stereocenters. The molecular weight excluding hydrogens is 224 g/mol. The van der Waals surface area contributed by atoms with Gasteiger partial charge in [0.05, 0.1) is 12.6 Å². The highest BCUT2D eigenvalue weighted by molar-refractivity contribution is 6.31. The van der Waals surface area contributed by atoms with Gasteiger partial charge in [0.2, 0.25) is 0 Å². The van der Waals surface area contributed by atoms with E-state index >= 15 is 0 Å². The van der Waals surface area contributed by atoms with Gasteiger partial charge in [-0.25, -0.2) is 0 Å². The summed E-state index contributed by atoms with van der Waals surface area (Å²) < 4.78 is 0. The maximum Gasteiger partial charge on any atom is 0.0625 e. The van der Waals surface area contributed by atoms with Crippen molar-refractivity contribution in [3.05, 3.63) is 28.8 Å². The van der Waals surface area contributed by atoms with E-state index in [0.717, 1.165) is 24.3 Å². The minimum atomic E-state index is -0.399. The normalized spacial score (nSPS) is 17.8. The van der Waals surface area contributed by atoms with Crippen molar-refractivity contribution in [1.29, 1.82) is 0 Å². The van der Waals surface area contributed by atoms with Crippen LogP contribution in [0.4, 0.5) is 5.69 Å². The van der Waals surface area contributed by atoms with E-state index in [1.807, 2.05) is 18.2 Å². The van der Waals surface area contributed by atoms with Crippen LogP contribution in [-0.2, 0) is 0 Å². The third kappa shape index (κ3) is 2.17. The highest BCUT2D eigenvalue weighted by Crippen LogP contribution is 2.33. The molecule has 0 aromatic heterocycles. The zero-order valence-corrected chi connectivity index (χ0v) is 9.95. The van der Waals surface area contributed by atoms with E-state index in [1.165, 1.54) is 12.8 Å². The quantitative estimate of drug-likeness (QED) is 0.849. The Kier molecular flexibility index (Phi) is 3.69.